The Kier molecular flexibility index (Phi) is 6.55. The van der Waals surface area contributed by atoms with Crippen molar-refractivity contribution in [2.75, 3.05) is 13.1 Å². The summed E-state index contributed by atoms with van der Waals surface area (Å²) in [6, 6.07) is 8.35. The van der Waals surface area contributed by atoms with Crippen molar-refractivity contribution in [3.8, 4) is 0 Å². The van der Waals surface area contributed by atoms with Crippen LogP contribution in [-0.2, 0) is 19.9 Å². The van der Waals surface area contributed by atoms with Gasteiger partial charge in [0.25, 0.3) is 5.91 Å². The summed E-state index contributed by atoms with van der Waals surface area (Å²) < 4.78 is 0. The molecule has 0 bridgehead atoms. The molecule has 1 atom stereocenters. The Morgan fingerprint density at radius 1 is 1.15 bits per heavy atom. The number of benzene rings is 1. The summed E-state index contributed by atoms with van der Waals surface area (Å²) in [4.78, 5) is 50.1. The van der Waals surface area contributed by atoms with Gasteiger partial charge in [-0.1, -0.05) is 43.7 Å². The molecule has 0 spiro atoms. The molecule has 0 aliphatic carbocycles. The van der Waals surface area contributed by atoms with Gasteiger partial charge in [0.2, 0.25) is 11.8 Å². The Hall–Kier alpha value is -2.90. The lowest BCUT2D eigenvalue weighted by Crippen LogP contribution is -2.46. The summed E-state index contributed by atoms with van der Waals surface area (Å²) in [5.41, 5.74) is -0.480. The van der Waals surface area contributed by atoms with Crippen molar-refractivity contribution >= 4 is 23.8 Å². The van der Waals surface area contributed by atoms with E-state index in [1.165, 1.54) is 0 Å². The van der Waals surface area contributed by atoms with E-state index < -0.39 is 29.9 Å². The average Bonchev–Trinajstić information content (AvgIpc) is 2.86. The molecule has 1 heterocycles. The van der Waals surface area contributed by atoms with Crippen LogP contribution in [0.25, 0.3) is 0 Å². The van der Waals surface area contributed by atoms with Gasteiger partial charge >= 0.3 is 6.03 Å². The van der Waals surface area contributed by atoms with E-state index in [0.29, 0.717) is 18.4 Å². The highest BCUT2D eigenvalue weighted by Crippen LogP contribution is 2.33. The van der Waals surface area contributed by atoms with Gasteiger partial charge in [-0.25, -0.2) is 4.79 Å². The topological polar surface area (TPSA) is 108 Å². The lowest BCUT2D eigenvalue weighted by atomic mass is 9.85. The normalized spacial score (nSPS) is 19.2. The Morgan fingerprint density at radius 3 is 2.41 bits per heavy atom. The van der Waals surface area contributed by atoms with Gasteiger partial charge in [0.15, 0.2) is 0 Å². The van der Waals surface area contributed by atoms with Crippen molar-refractivity contribution < 1.29 is 19.2 Å². The highest BCUT2D eigenvalue weighted by molar-refractivity contribution is 6.09. The lowest BCUT2D eigenvalue weighted by Gasteiger charge is -2.26. The maximum atomic E-state index is 13.0. The van der Waals surface area contributed by atoms with E-state index in [1.807, 2.05) is 26.8 Å². The number of carbonyl (C=O) groups is 4. The third-order valence-electron chi connectivity index (χ3n) is 4.26. The van der Waals surface area contributed by atoms with Crippen molar-refractivity contribution in [2.45, 2.75) is 45.2 Å². The maximum absolute atomic E-state index is 13.0. The zero-order chi connectivity index (χ0) is 20.0. The molecule has 1 aliphatic rings. The average molecular weight is 374 g/mol. The van der Waals surface area contributed by atoms with Crippen LogP contribution in [0.4, 0.5) is 4.79 Å². The number of nitrogens with zero attached hydrogens (tertiary/aromatic N) is 1. The zero-order valence-electron chi connectivity index (χ0n) is 15.9. The standard InChI is InChI=1S/C19H26N4O4/c1-4-10-19(14-8-6-5-7-9-14)17(26)23(18(27)22-19)12-16(25)20-11-15(24)21-13(2)3/h5-9,13H,4,10-12H2,1-3H3,(H,20,25)(H,21,24)(H,22,27)/t19-/m1/s1. The van der Waals surface area contributed by atoms with Crippen LogP contribution in [0.2, 0.25) is 0 Å². The molecule has 2 rings (SSSR count). The van der Waals surface area contributed by atoms with Gasteiger partial charge in [-0.05, 0) is 25.8 Å². The number of urea groups is 1. The van der Waals surface area contributed by atoms with E-state index >= 15 is 0 Å². The molecule has 8 nitrogen and oxygen atoms in total. The van der Waals surface area contributed by atoms with Crippen molar-refractivity contribution in [3.05, 3.63) is 35.9 Å². The first kappa shape index (κ1) is 20.4. The van der Waals surface area contributed by atoms with Crippen LogP contribution in [0, 0.1) is 0 Å². The van der Waals surface area contributed by atoms with Crippen LogP contribution in [0.3, 0.4) is 0 Å². The van der Waals surface area contributed by atoms with Crippen LogP contribution in [0.15, 0.2) is 30.3 Å². The number of imide groups is 1. The molecule has 0 unspecified atom stereocenters. The van der Waals surface area contributed by atoms with E-state index in [1.54, 1.807) is 24.3 Å². The Balaban J connectivity index is 2.08. The van der Waals surface area contributed by atoms with Gasteiger partial charge < -0.3 is 16.0 Å². The molecule has 3 N–H and O–H groups in total. The van der Waals surface area contributed by atoms with Gasteiger partial charge in [0.1, 0.15) is 12.1 Å². The summed E-state index contributed by atoms with van der Waals surface area (Å²) in [5.74, 6) is -1.36. The maximum Gasteiger partial charge on any atom is 0.325 e. The fourth-order valence-corrected chi connectivity index (χ4v) is 3.13. The Labute approximate surface area is 158 Å². The number of amides is 5. The first-order valence-corrected chi connectivity index (χ1v) is 9.06. The van der Waals surface area contributed by atoms with Crippen molar-refractivity contribution in [1.29, 1.82) is 0 Å². The Bertz CT molecular complexity index is 720. The second-order valence-corrected chi connectivity index (χ2v) is 6.84. The van der Waals surface area contributed by atoms with Gasteiger partial charge in [-0.2, -0.15) is 0 Å². The predicted octanol–water partition coefficient (Wildman–Crippen LogP) is 0.875. The molecule has 0 aromatic heterocycles. The van der Waals surface area contributed by atoms with Crippen LogP contribution >= 0.6 is 0 Å². The number of rotatable bonds is 8. The molecule has 1 aliphatic heterocycles. The molecule has 146 valence electrons. The first-order chi connectivity index (χ1) is 12.8. The van der Waals surface area contributed by atoms with Gasteiger partial charge in [-0.3, -0.25) is 19.3 Å². The third kappa shape index (κ3) is 4.64. The van der Waals surface area contributed by atoms with Crippen molar-refractivity contribution in [1.82, 2.24) is 20.9 Å². The van der Waals surface area contributed by atoms with Crippen molar-refractivity contribution in [3.63, 3.8) is 0 Å². The van der Waals surface area contributed by atoms with Crippen LogP contribution in [0.5, 0.6) is 0 Å². The molecule has 1 aromatic rings. The van der Waals surface area contributed by atoms with E-state index in [0.717, 1.165) is 4.90 Å². The minimum Gasteiger partial charge on any atom is -0.352 e. The predicted molar refractivity (Wildman–Crippen MR) is 99.6 cm³/mol. The molecule has 0 radical (unpaired) electrons. The minimum atomic E-state index is -1.16. The number of hydrogen-bond acceptors (Lipinski definition) is 4. The second-order valence-electron chi connectivity index (χ2n) is 6.84. The smallest absolute Gasteiger partial charge is 0.325 e. The van der Waals surface area contributed by atoms with Crippen LogP contribution in [0.1, 0.15) is 39.2 Å². The lowest BCUT2D eigenvalue weighted by molar-refractivity contribution is -0.135. The molecular weight excluding hydrogens is 348 g/mol. The Morgan fingerprint density at radius 2 is 1.81 bits per heavy atom. The minimum absolute atomic E-state index is 0.0409. The number of carbonyl (C=O) groups excluding carboxylic acids is 4. The number of hydrogen-bond donors (Lipinski definition) is 3. The largest absolute Gasteiger partial charge is 0.352 e. The molecule has 1 fully saturated rings. The fraction of sp³-hybridized carbons (Fsp3) is 0.474. The zero-order valence-corrected chi connectivity index (χ0v) is 15.9. The fourth-order valence-electron chi connectivity index (χ4n) is 3.13. The molecule has 5 amide bonds. The summed E-state index contributed by atoms with van der Waals surface area (Å²) >= 11 is 0. The van der Waals surface area contributed by atoms with Crippen molar-refractivity contribution in [2.24, 2.45) is 0 Å². The summed E-state index contributed by atoms with van der Waals surface area (Å²) in [6.07, 6.45) is 1.10. The second kappa shape index (κ2) is 8.66. The van der Waals surface area contributed by atoms with E-state index in [9.17, 15) is 19.2 Å². The van der Waals surface area contributed by atoms with Crippen LogP contribution < -0.4 is 16.0 Å². The highest BCUT2D eigenvalue weighted by atomic mass is 16.2. The monoisotopic (exact) mass is 374 g/mol. The van der Waals surface area contributed by atoms with E-state index in [-0.39, 0.29) is 18.5 Å². The van der Waals surface area contributed by atoms with E-state index in [2.05, 4.69) is 16.0 Å². The molecule has 27 heavy (non-hydrogen) atoms. The SMILES string of the molecule is CCC[C@]1(c2ccccc2)NC(=O)N(CC(=O)NCC(=O)NC(C)C)C1=O. The summed E-state index contributed by atoms with van der Waals surface area (Å²) in [6.45, 7) is 4.90. The van der Waals surface area contributed by atoms with E-state index in [4.69, 9.17) is 0 Å². The highest BCUT2D eigenvalue weighted by Gasteiger charge is 2.52. The quantitative estimate of drug-likeness (QED) is 0.587. The molecule has 1 aromatic carbocycles. The molecular formula is C19H26N4O4. The van der Waals surface area contributed by atoms with Gasteiger partial charge in [-0.15, -0.1) is 0 Å². The summed E-state index contributed by atoms with van der Waals surface area (Å²) in [5, 5.41) is 7.84. The molecule has 8 heteroatoms. The molecule has 0 saturated carbocycles. The number of nitrogens with one attached hydrogen (secondary N) is 3. The van der Waals surface area contributed by atoms with Crippen LogP contribution in [-0.4, -0.2) is 47.8 Å². The first-order valence-electron chi connectivity index (χ1n) is 9.06. The summed E-state index contributed by atoms with van der Waals surface area (Å²) in [7, 11) is 0. The molecule has 1 saturated heterocycles. The third-order valence-corrected chi connectivity index (χ3v) is 4.26. The van der Waals surface area contributed by atoms with Gasteiger partial charge in [0.05, 0.1) is 6.54 Å². The van der Waals surface area contributed by atoms with Gasteiger partial charge in [0, 0.05) is 6.04 Å².